The highest BCUT2D eigenvalue weighted by Gasteiger charge is 2.23. The molecule has 2 aromatic carbocycles. The van der Waals surface area contributed by atoms with Crippen LogP contribution in [0.15, 0.2) is 47.6 Å². The zero-order valence-electron chi connectivity index (χ0n) is 20.8. The molecule has 6 nitrogen and oxygen atoms in total. The van der Waals surface area contributed by atoms with Gasteiger partial charge in [-0.25, -0.2) is 0 Å². The SMILES string of the molecule is CCCCOC(=O)CC1CCc2ccc(C(=O)Nc3ccc(/C=N/N4CCCCC4)cc3)cc2C1. The molecule has 1 heterocycles. The lowest BCUT2D eigenvalue weighted by Crippen LogP contribution is -2.24. The van der Waals surface area contributed by atoms with Crippen LogP contribution in [0.3, 0.4) is 0 Å². The van der Waals surface area contributed by atoms with Gasteiger partial charge in [-0.1, -0.05) is 31.5 Å². The van der Waals surface area contributed by atoms with Crippen LogP contribution < -0.4 is 5.32 Å². The van der Waals surface area contributed by atoms with E-state index in [9.17, 15) is 9.59 Å². The number of piperidine rings is 1. The standard InChI is InChI=1S/C29H37N3O3/c1-2-3-17-35-28(33)19-23-7-10-24-11-12-25(20-26(24)18-23)29(34)31-27-13-8-22(9-14-27)21-30-32-15-5-4-6-16-32/h8-9,11-14,20-21,23H,2-7,10,15-19H2,1H3,(H,31,34)/b30-21+. The van der Waals surface area contributed by atoms with Crippen molar-refractivity contribution in [2.45, 2.75) is 64.7 Å². The maximum Gasteiger partial charge on any atom is 0.306 e. The summed E-state index contributed by atoms with van der Waals surface area (Å²) in [6.07, 6.45) is 10.7. The first-order chi connectivity index (χ1) is 17.1. The van der Waals surface area contributed by atoms with E-state index in [2.05, 4.69) is 28.4 Å². The van der Waals surface area contributed by atoms with Crippen LogP contribution in [-0.2, 0) is 22.4 Å². The molecule has 1 aliphatic carbocycles. The summed E-state index contributed by atoms with van der Waals surface area (Å²) in [6.45, 7) is 4.64. The number of esters is 1. The maximum atomic E-state index is 12.9. The number of carbonyl (C=O) groups is 2. The summed E-state index contributed by atoms with van der Waals surface area (Å²) in [7, 11) is 0. The minimum atomic E-state index is -0.122. The van der Waals surface area contributed by atoms with Gasteiger partial charge in [-0.15, -0.1) is 0 Å². The lowest BCUT2D eigenvalue weighted by molar-refractivity contribution is -0.145. The molecule has 1 amide bonds. The number of hydrogen-bond donors (Lipinski definition) is 1. The molecule has 0 saturated carbocycles. The highest BCUT2D eigenvalue weighted by molar-refractivity contribution is 6.04. The van der Waals surface area contributed by atoms with Crippen molar-refractivity contribution in [1.82, 2.24) is 5.01 Å². The van der Waals surface area contributed by atoms with Crippen molar-refractivity contribution in [3.8, 4) is 0 Å². The molecule has 6 heteroatoms. The molecule has 1 fully saturated rings. The number of unbranched alkanes of at least 4 members (excludes halogenated alkanes) is 1. The number of ether oxygens (including phenoxy) is 1. The van der Waals surface area contributed by atoms with Crippen LogP contribution in [0.2, 0.25) is 0 Å². The Morgan fingerprint density at radius 3 is 2.66 bits per heavy atom. The number of aryl methyl sites for hydroxylation is 1. The fraction of sp³-hybridized carbons (Fsp3) is 0.483. The Hall–Kier alpha value is -3.15. The molecule has 0 aromatic heterocycles. The molecule has 35 heavy (non-hydrogen) atoms. The third-order valence-corrected chi connectivity index (χ3v) is 6.89. The molecule has 1 unspecified atom stereocenters. The second-order valence-electron chi connectivity index (χ2n) is 9.71. The Bertz CT molecular complexity index is 1030. The number of hydrogen-bond acceptors (Lipinski definition) is 5. The lowest BCUT2D eigenvalue weighted by Gasteiger charge is -2.24. The van der Waals surface area contributed by atoms with Crippen molar-refractivity contribution in [3.63, 3.8) is 0 Å². The molecule has 2 aromatic rings. The van der Waals surface area contributed by atoms with Crippen LogP contribution in [0, 0.1) is 5.92 Å². The van der Waals surface area contributed by atoms with Gasteiger partial charge in [-0.2, -0.15) is 5.10 Å². The van der Waals surface area contributed by atoms with E-state index in [1.54, 1.807) is 0 Å². The normalized spacial score (nSPS) is 17.7. The Labute approximate surface area is 208 Å². The summed E-state index contributed by atoms with van der Waals surface area (Å²) in [4.78, 5) is 25.0. The van der Waals surface area contributed by atoms with E-state index >= 15 is 0 Å². The van der Waals surface area contributed by atoms with Crippen LogP contribution in [-0.4, -0.2) is 42.8 Å². The summed E-state index contributed by atoms with van der Waals surface area (Å²) >= 11 is 0. The van der Waals surface area contributed by atoms with E-state index in [1.165, 1.54) is 30.4 Å². The van der Waals surface area contributed by atoms with Crippen LogP contribution in [0.1, 0.15) is 78.9 Å². The van der Waals surface area contributed by atoms with Crippen molar-refractivity contribution in [3.05, 3.63) is 64.7 Å². The molecule has 0 radical (unpaired) electrons. The third-order valence-electron chi connectivity index (χ3n) is 6.89. The molecule has 4 rings (SSSR count). The van der Waals surface area contributed by atoms with Gasteiger partial charge in [-0.3, -0.25) is 14.6 Å². The van der Waals surface area contributed by atoms with Crippen molar-refractivity contribution < 1.29 is 14.3 Å². The summed E-state index contributed by atoms with van der Waals surface area (Å²) in [5.41, 5.74) is 4.86. The molecule has 0 bridgehead atoms. The zero-order chi connectivity index (χ0) is 24.5. The molecule has 1 atom stereocenters. The van der Waals surface area contributed by atoms with Crippen LogP contribution in [0.4, 0.5) is 5.69 Å². The van der Waals surface area contributed by atoms with E-state index in [-0.39, 0.29) is 17.8 Å². The Morgan fingerprint density at radius 1 is 1.09 bits per heavy atom. The number of nitrogens with one attached hydrogen (secondary N) is 1. The molecule has 1 saturated heterocycles. The topological polar surface area (TPSA) is 71.0 Å². The van der Waals surface area contributed by atoms with Crippen molar-refractivity contribution >= 4 is 23.8 Å². The van der Waals surface area contributed by atoms with Crippen LogP contribution >= 0.6 is 0 Å². The summed E-state index contributed by atoms with van der Waals surface area (Å²) in [5.74, 6) is 0.0444. The predicted molar refractivity (Wildman–Crippen MR) is 140 cm³/mol. The first kappa shape index (κ1) is 25.0. The minimum Gasteiger partial charge on any atom is -0.466 e. The fourth-order valence-corrected chi connectivity index (χ4v) is 4.77. The molecular weight excluding hydrogens is 438 g/mol. The van der Waals surface area contributed by atoms with E-state index in [1.807, 2.05) is 42.6 Å². The minimum absolute atomic E-state index is 0.106. The average Bonchev–Trinajstić information content (AvgIpc) is 2.88. The van der Waals surface area contributed by atoms with E-state index in [0.717, 1.165) is 56.4 Å². The number of hydrazone groups is 1. The first-order valence-corrected chi connectivity index (χ1v) is 13.1. The molecule has 0 spiro atoms. The zero-order valence-corrected chi connectivity index (χ0v) is 20.8. The van der Waals surface area contributed by atoms with E-state index < -0.39 is 0 Å². The Morgan fingerprint density at radius 2 is 1.89 bits per heavy atom. The monoisotopic (exact) mass is 475 g/mol. The number of amides is 1. The Kier molecular flexibility index (Phi) is 8.93. The second kappa shape index (κ2) is 12.5. The lowest BCUT2D eigenvalue weighted by atomic mass is 9.81. The predicted octanol–water partition coefficient (Wildman–Crippen LogP) is 5.60. The van der Waals surface area contributed by atoms with Crippen molar-refractivity contribution in [2.75, 3.05) is 25.0 Å². The average molecular weight is 476 g/mol. The number of carbonyl (C=O) groups excluding carboxylic acids is 2. The number of benzene rings is 2. The number of fused-ring (bicyclic) bond motifs is 1. The van der Waals surface area contributed by atoms with Gasteiger partial charge >= 0.3 is 5.97 Å². The highest BCUT2D eigenvalue weighted by atomic mass is 16.5. The van der Waals surface area contributed by atoms with Gasteiger partial charge in [-0.05, 0) is 91.8 Å². The van der Waals surface area contributed by atoms with Crippen molar-refractivity contribution in [2.24, 2.45) is 11.0 Å². The quantitative estimate of drug-likeness (QED) is 0.291. The Balaban J connectivity index is 1.31. The highest BCUT2D eigenvalue weighted by Crippen LogP contribution is 2.29. The van der Waals surface area contributed by atoms with Gasteiger partial charge < -0.3 is 10.1 Å². The van der Waals surface area contributed by atoms with Gasteiger partial charge in [0.15, 0.2) is 0 Å². The van der Waals surface area contributed by atoms with Gasteiger partial charge in [0.1, 0.15) is 0 Å². The molecule has 1 N–H and O–H groups in total. The van der Waals surface area contributed by atoms with Gasteiger partial charge in [0.05, 0.1) is 12.8 Å². The summed E-state index contributed by atoms with van der Waals surface area (Å²) in [5, 5.41) is 9.69. The van der Waals surface area contributed by atoms with E-state index in [0.29, 0.717) is 18.6 Å². The molecular formula is C29H37N3O3. The maximum absolute atomic E-state index is 12.9. The first-order valence-electron chi connectivity index (χ1n) is 13.1. The molecule has 2 aliphatic rings. The largest absolute Gasteiger partial charge is 0.466 e. The summed E-state index contributed by atoms with van der Waals surface area (Å²) in [6, 6.07) is 13.7. The molecule has 1 aliphatic heterocycles. The number of anilines is 1. The number of nitrogens with zero attached hydrogens (tertiary/aromatic N) is 2. The van der Waals surface area contributed by atoms with Gasteiger partial charge in [0.25, 0.3) is 5.91 Å². The summed E-state index contributed by atoms with van der Waals surface area (Å²) < 4.78 is 5.34. The third kappa shape index (κ3) is 7.41. The van der Waals surface area contributed by atoms with Gasteiger partial charge in [0, 0.05) is 30.8 Å². The van der Waals surface area contributed by atoms with E-state index in [4.69, 9.17) is 4.74 Å². The van der Waals surface area contributed by atoms with Gasteiger partial charge in [0.2, 0.25) is 0 Å². The van der Waals surface area contributed by atoms with Crippen LogP contribution in [0.5, 0.6) is 0 Å². The number of rotatable bonds is 9. The van der Waals surface area contributed by atoms with Crippen molar-refractivity contribution in [1.29, 1.82) is 0 Å². The van der Waals surface area contributed by atoms with Crippen LogP contribution in [0.25, 0.3) is 0 Å². The molecule has 186 valence electrons. The fourth-order valence-electron chi connectivity index (χ4n) is 4.77. The second-order valence-corrected chi connectivity index (χ2v) is 9.71. The smallest absolute Gasteiger partial charge is 0.306 e.